The fourth-order valence-corrected chi connectivity index (χ4v) is 9.33. The van der Waals surface area contributed by atoms with E-state index in [4.69, 9.17) is 14.2 Å². The van der Waals surface area contributed by atoms with Gasteiger partial charge in [0, 0.05) is 19.3 Å². The molecule has 392 valence electrons. The Morgan fingerprint density at radius 1 is 0.242 bits per heavy atom. The van der Waals surface area contributed by atoms with Crippen LogP contribution in [-0.2, 0) is 28.6 Å². The first-order valence-electron chi connectivity index (χ1n) is 30.0. The number of unbranched alkanes of at least 4 members (excludes halogenated alkanes) is 45. The first-order valence-corrected chi connectivity index (χ1v) is 30.0. The summed E-state index contributed by atoms with van der Waals surface area (Å²) < 4.78 is 16.9. The highest BCUT2D eigenvalue weighted by molar-refractivity contribution is 5.71. The molecule has 6 heteroatoms. The van der Waals surface area contributed by atoms with Crippen molar-refractivity contribution < 1.29 is 28.6 Å². The van der Waals surface area contributed by atoms with Gasteiger partial charge in [-0.1, -0.05) is 310 Å². The standard InChI is InChI=1S/C60H116O6/c1-4-7-10-13-16-19-22-24-26-28-29-30-31-33-34-36-38-41-44-47-50-53-59(62)65-56-57(55-64-58(61)52-49-46-43-40-21-18-15-12-9-6-3)66-60(63)54-51-48-45-42-39-37-35-32-27-25-23-20-17-14-11-8-5-2/h57H,4-56H2,1-3H3. The number of esters is 3. The van der Waals surface area contributed by atoms with Crippen LogP contribution in [0.15, 0.2) is 0 Å². The molecule has 66 heavy (non-hydrogen) atoms. The van der Waals surface area contributed by atoms with Crippen molar-refractivity contribution in [1.29, 1.82) is 0 Å². The third-order valence-electron chi connectivity index (χ3n) is 13.9. The highest BCUT2D eigenvalue weighted by Gasteiger charge is 2.19. The predicted molar refractivity (Wildman–Crippen MR) is 284 cm³/mol. The Kier molecular flexibility index (Phi) is 54.7. The van der Waals surface area contributed by atoms with Crippen LogP contribution in [0.4, 0.5) is 0 Å². The molecule has 0 aromatic carbocycles. The van der Waals surface area contributed by atoms with Crippen LogP contribution in [0.5, 0.6) is 0 Å². The summed E-state index contributed by atoms with van der Waals surface area (Å²) in [6, 6.07) is 0. The fourth-order valence-electron chi connectivity index (χ4n) is 9.33. The van der Waals surface area contributed by atoms with Crippen molar-refractivity contribution in [2.45, 2.75) is 354 Å². The van der Waals surface area contributed by atoms with Crippen molar-refractivity contribution in [3.8, 4) is 0 Å². The third kappa shape index (κ3) is 53.4. The maximum absolute atomic E-state index is 12.8. The van der Waals surface area contributed by atoms with Crippen molar-refractivity contribution in [3.05, 3.63) is 0 Å². The second-order valence-corrected chi connectivity index (χ2v) is 20.6. The van der Waals surface area contributed by atoms with Gasteiger partial charge in [0.2, 0.25) is 0 Å². The Bertz CT molecular complexity index is 982. The summed E-state index contributed by atoms with van der Waals surface area (Å²) >= 11 is 0. The third-order valence-corrected chi connectivity index (χ3v) is 13.9. The number of carbonyl (C=O) groups excluding carboxylic acids is 3. The van der Waals surface area contributed by atoms with Gasteiger partial charge < -0.3 is 14.2 Å². The SMILES string of the molecule is CCCCCCCCCCCCCCCCCCCCCCCC(=O)OCC(COC(=O)CCCCCCCCCCCC)OC(=O)CCCCCCCCCCCCCCCCCCC. The maximum atomic E-state index is 12.8. The van der Waals surface area contributed by atoms with E-state index in [0.29, 0.717) is 19.3 Å². The van der Waals surface area contributed by atoms with Gasteiger partial charge in [-0.3, -0.25) is 14.4 Å². The van der Waals surface area contributed by atoms with Gasteiger partial charge in [-0.15, -0.1) is 0 Å². The van der Waals surface area contributed by atoms with E-state index < -0.39 is 6.10 Å². The summed E-state index contributed by atoms with van der Waals surface area (Å²) in [6.45, 7) is 6.70. The monoisotopic (exact) mass is 933 g/mol. The van der Waals surface area contributed by atoms with Gasteiger partial charge in [0.25, 0.3) is 0 Å². The van der Waals surface area contributed by atoms with E-state index in [1.165, 1.54) is 250 Å². The lowest BCUT2D eigenvalue weighted by Crippen LogP contribution is -2.30. The molecule has 0 aliphatic carbocycles. The van der Waals surface area contributed by atoms with Gasteiger partial charge in [0.15, 0.2) is 6.10 Å². The van der Waals surface area contributed by atoms with Crippen LogP contribution >= 0.6 is 0 Å². The maximum Gasteiger partial charge on any atom is 0.306 e. The molecular weight excluding hydrogens is 817 g/mol. The lowest BCUT2D eigenvalue weighted by atomic mass is 10.0. The fraction of sp³-hybridized carbons (Fsp3) is 0.950. The average molecular weight is 934 g/mol. The minimum atomic E-state index is -0.761. The topological polar surface area (TPSA) is 78.9 Å². The van der Waals surface area contributed by atoms with Gasteiger partial charge in [-0.25, -0.2) is 0 Å². The Balaban J connectivity index is 4.19. The quantitative estimate of drug-likeness (QED) is 0.0343. The van der Waals surface area contributed by atoms with Crippen LogP contribution < -0.4 is 0 Å². The molecule has 0 N–H and O–H groups in total. The molecule has 0 bridgehead atoms. The van der Waals surface area contributed by atoms with Crippen LogP contribution in [0, 0.1) is 0 Å². The summed E-state index contributed by atoms with van der Waals surface area (Å²) in [5.74, 6) is -0.833. The second kappa shape index (κ2) is 56.0. The van der Waals surface area contributed by atoms with E-state index in [1.807, 2.05) is 0 Å². The molecule has 1 atom stereocenters. The van der Waals surface area contributed by atoms with Crippen LogP contribution in [0.1, 0.15) is 348 Å². The molecule has 0 aliphatic heterocycles. The number of carbonyl (C=O) groups is 3. The molecule has 0 aromatic heterocycles. The smallest absolute Gasteiger partial charge is 0.306 e. The van der Waals surface area contributed by atoms with Crippen LogP contribution in [0.2, 0.25) is 0 Å². The van der Waals surface area contributed by atoms with E-state index in [1.54, 1.807) is 0 Å². The molecule has 0 spiro atoms. The molecular formula is C60H116O6. The lowest BCUT2D eigenvalue weighted by Gasteiger charge is -2.18. The Hall–Kier alpha value is -1.59. The molecule has 0 aliphatic rings. The number of rotatable bonds is 56. The highest BCUT2D eigenvalue weighted by Crippen LogP contribution is 2.18. The molecule has 0 fully saturated rings. The van der Waals surface area contributed by atoms with Gasteiger partial charge in [0.1, 0.15) is 13.2 Å². The van der Waals surface area contributed by atoms with Gasteiger partial charge in [0.05, 0.1) is 0 Å². The van der Waals surface area contributed by atoms with Gasteiger partial charge in [-0.2, -0.15) is 0 Å². The molecule has 0 saturated heterocycles. The Labute approximate surface area is 412 Å². The van der Waals surface area contributed by atoms with Crippen molar-refractivity contribution >= 4 is 17.9 Å². The zero-order valence-corrected chi connectivity index (χ0v) is 45.0. The minimum Gasteiger partial charge on any atom is -0.462 e. The van der Waals surface area contributed by atoms with Crippen molar-refractivity contribution in [2.75, 3.05) is 13.2 Å². The molecule has 1 unspecified atom stereocenters. The average Bonchev–Trinajstić information content (AvgIpc) is 3.31. The highest BCUT2D eigenvalue weighted by atomic mass is 16.6. The Morgan fingerprint density at radius 2 is 0.409 bits per heavy atom. The Morgan fingerprint density at radius 3 is 0.606 bits per heavy atom. The molecule has 0 aromatic rings. The summed E-state index contributed by atoms with van der Waals surface area (Å²) in [6.07, 6.45) is 62.5. The summed E-state index contributed by atoms with van der Waals surface area (Å²) in [5, 5.41) is 0. The summed E-state index contributed by atoms with van der Waals surface area (Å²) in [4.78, 5) is 38.1. The molecule has 0 saturated carbocycles. The molecule has 0 rings (SSSR count). The first kappa shape index (κ1) is 64.4. The largest absolute Gasteiger partial charge is 0.462 e. The number of hydrogen-bond acceptors (Lipinski definition) is 6. The zero-order chi connectivity index (χ0) is 47.9. The number of hydrogen-bond donors (Lipinski definition) is 0. The minimum absolute atomic E-state index is 0.0611. The predicted octanol–water partition coefficient (Wildman–Crippen LogP) is 19.9. The summed E-state index contributed by atoms with van der Waals surface area (Å²) in [7, 11) is 0. The van der Waals surface area contributed by atoms with E-state index in [-0.39, 0.29) is 31.1 Å². The van der Waals surface area contributed by atoms with Crippen LogP contribution in [0.25, 0.3) is 0 Å². The molecule has 6 nitrogen and oxygen atoms in total. The normalized spacial score (nSPS) is 11.9. The lowest BCUT2D eigenvalue weighted by molar-refractivity contribution is -0.167. The van der Waals surface area contributed by atoms with Gasteiger partial charge >= 0.3 is 17.9 Å². The van der Waals surface area contributed by atoms with E-state index >= 15 is 0 Å². The van der Waals surface area contributed by atoms with Crippen molar-refractivity contribution in [1.82, 2.24) is 0 Å². The van der Waals surface area contributed by atoms with Crippen LogP contribution in [-0.4, -0.2) is 37.2 Å². The molecule has 0 heterocycles. The van der Waals surface area contributed by atoms with Crippen LogP contribution in [0.3, 0.4) is 0 Å². The van der Waals surface area contributed by atoms with E-state index in [0.717, 1.165) is 57.8 Å². The van der Waals surface area contributed by atoms with E-state index in [9.17, 15) is 14.4 Å². The van der Waals surface area contributed by atoms with E-state index in [2.05, 4.69) is 20.8 Å². The zero-order valence-electron chi connectivity index (χ0n) is 45.0. The first-order chi connectivity index (χ1) is 32.5. The van der Waals surface area contributed by atoms with Crippen molar-refractivity contribution in [2.24, 2.45) is 0 Å². The second-order valence-electron chi connectivity index (χ2n) is 20.6. The van der Waals surface area contributed by atoms with Crippen molar-refractivity contribution in [3.63, 3.8) is 0 Å². The number of ether oxygens (including phenoxy) is 3. The molecule has 0 amide bonds. The molecule has 0 radical (unpaired) electrons. The summed E-state index contributed by atoms with van der Waals surface area (Å²) in [5.41, 5.74) is 0. The van der Waals surface area contributed by atoms with Gasteiger partial charge in [-0.05, 0) is 19.3 Å².